The summed E-state index contributed by atoms with van der Waals surface area (Å²) in [7, 11) is 1.71. The van der Waals surface area contributed by atoms with E-state index in [9.17, 15) is 0 Å². The van der Waals surface area contributed by atoms with Gasteiger partial charge in [-0.1, -0.05) is 24.3 Å². The van der Waals surface area contributed by atoms with E-state index < -0.39 is 0 Å². The van der Waals surface area contributed by atoms with Crippen LogP contribution in [0.4, 0.5) is 0 Å². The number of hydrogen-bond donors (Lipinski definition) is 0. The van der Waals surface area contributed by atoms with Gasteiger partial charge >= 0.3 is 0 Å². The highest BCUT2D eigenvalue weighted by atomic mass is 16.5. The number of rotatable bonds is 3. The van der Waals surface area contributed by atoms with E-state index in [1.807, 2.05) is 32.0 Å². The van der Waals surface area contributed by atoms with Crippen LogP contribution in [0.3, 0.4) is 0 Å². The molecule has 0 bridgehead atoms. The molecule has 0 spiro atoms. The van der Waals surface area contributed by atoms with E-state index in [-0.39, 0.29) is 6.10 Å². The Morgan fingerprint density at radius 1 is 1.12 bits per heavy atom. The van der Waals surface area contributed by atoms with Gasteiger partial charge < -0.3 is 4.74 Å². The number of ether oxygens (including phenoxy) is 1. The van der Waals surface area contributed by atoms with Crippen molar-refractivity contribution in [1.29, 1.82) is 0 Å². The van der Waals surface area contributed by atoms with Gasteiger partial charge in [-0.15, -0.1) is 0 Å². The van der Waals surface area contributed by atoms with Crippen LogP contribution in [0.2, 0.25) is 0 Å². The van der Waals surface area contributed by atoms with Gasteiger partial charge in [-0.05, 0) is 25.5 Å². The fourth-order valence-corrected chi connectivity index (χ4v) is 1.63. The molecule has 88 valence electrons. The van der Waals surface area contributed by atoms with Crippen LogP contribution in [-0.4, -0.2) is 17.1 Å². The Morgan fingerprint density at radius 3 is 2.41 bits per heavy atom. The lowest BCUT2D eigenvalue weighted by Crippen LogP contribution is -1.96. The van der Waals surface area contributed by atoms with Crippen molar-refractivity contribution in [3.8, 4) is 11.4 Å². The predicted molar refractivity (Wildman–Crippen MR) is 67.6 cm³/mol. The Kier molecular flexibility index (Phi) is 3.49. The van der Waals surface area contributed by atoms with Crippen molar-refractivity contribution in [3.63, 3.8) is 0 Å². The number of methoxy groups -OCH3 is 1. The Bertz CT molecular complexity index is 494. The molecule has 1 aromatic carbocycles. The van der Waals surface area contributed by atoms with Gasteiger partial charge in [0.1, 0.15) is 0 Å². The van der Waals surface area contributed by atoms with Gasteiger partial charge in [0.15, 0.2) is 5.82 Å². The van der Waals surface area contributed by atoms with E-state index in [0.29, 0.717) is 0 Å². The molecule has 3 nitrogen and oxygen atoms in total. The summed E-state index contributed by atoms with van der Waals surface area (Å²) < 4.78 is 5.27. The smallest absolute Gasteiger partial charge is 0.159 e. The molecule has 0 fully saturated rings. The maximum atomic E-state index is 5.27. The fourth-order valence-electron chi connectivity index (χ4n) is 1.63. The maximum Gasteiger partial charge on any atom is 0.159 e. The second-order valence-corrected chi connectivity index (χ2v) is 4.02. The van der Waals surface area contributed by atoms with Crippen LogP contribution in [0, 0.1) is 6.92 Å². The molecule has 1 atom stereocenters. The third kappa shape index (κ3) is 2.68. The molecule has 0 aliphatic rings. The number of aromatic nitrogens is 2. The summed E-state index contributed by atoms with van der Waals surface area (Å²) in [6.07, 6.45) is 1.89. The highest BCUT2D eigenvalue weighted by molar-refractivity contribution is 5.55. The molecule has 0 radical (unpaired) electrons. The van der Waals surface area contributed by atoms with Crippen LogP contribution in [0.1, 0.15) is 24.3 Å². The molecule has 0 aliphatic carbocycles. The Labute approximate surface area is 102 Å². The molecule has 3 heteroatoms. The Hall–Kier alpha value is -1.74. The molecule has 0 N–H and O–H groups in total. The van der Waals surface area contributed by atoms with Gasteiger partial charge in [-0.3, -0.25) is 0 Å². The van der Waals surface area contributed by atoms with Crippen LogP contribution >= 0.6 is 0 Å². The van der Waals surface area contributed by atoms with Crippen molar-refractivity contribution in [3.05, 3.63) is 47.8 Å². The highest BCUT2D eigenvalue weighted by Crippen LogP contribution is 2.20. The zero-order valence-electron chi connectivity index (χ0n) is 10.3. The number of benzene rings is 1. The molecule has 2 aromatic rings. The van der Waals surface area contributed by atoms with Gasteiger partial charge in [0, 0.05) is 24.6 Å². The van der Waals surface area contributed by atoms with Crippen molar-refractivity contribution < 1.29 is 4.74 Å². The molecule has 0 saturated heterocycles. The third-order valence-corrected chi connectivity index (χ3v) is 2.79. The minimum Gasteiger partial charge on any atom is -0.377 e. The quantitative estimate of drug-likeness (QED) is 0.809. The summed E-state index contributed by atoms with van der Waals surface area (Å²) >= 11 is 0. The summed E-state index contributed by atoms with van der Waals surface area (Å²) in [4.78, 5) is 8.66. The molecule has 2 rings (SSSR count). The third-order valence-electron chi connectivity index (χ3n) is 2.79. The lowest BCUT2D eigenvalue weighted by atomic mass is 10.1. The first-order valence-corrected chi connectivity index (χ1v) is 5.63. The number of nitrogens with zero attached hydrogens (tertiary/aromatic N) is 2. The first-order chi connectivity index (χ1) is 8.20. The molecule has 0 saturated carbocycles. The monoisotopic (exact) mass is 228 g/mol. The summed E-state index contributed by atoms with van der Waals surface area (Å²) in [6.45, 7) is 3.99. The topological polar surface area (TPSA) is 35.0 Å². The lowest BCUT2D eigenvalue weighted by Gasteiger charge is -2.10. The molecular formula is C14H16N2O. The molecule has 0 amide bonds. The average molecular weight is 228 g/mol. The van der Waals surface area contributed by atoms with Crippen LogP contribution in [0.5, 0.6) is 0 Å². The van der Waals surface area contributed by atoms with E-state index in [2.05, 4.69) is 22.1 Å². The van der Waals surface area contributed by atoms with E-state index >= 15 is 0 Å². The van der Waals surface area contributed by atoms with Crippen LogP contribution < -0.4 is 0 Å². The summed E-state index contributed by atoms with van der Waals surface area (Å²) in [5.74, 6) is 0.765. The summed E-state index contributed by atoms with van der Waals surface area (Å²) in [5, 5.41) is 0. The van der Waals surface area contributed by atoms with Gasteiger partial charge in [0.05, 0.1) is 6.10 Å². The minimum atomic E-state index is 0.113. The zero-order valence-corrected chi connectivity index (χ0v) is 10.3. The van der Waals surface area contributed by atoms with E-state index in [1.165, 1.54) is 0 Å². The average Bonchev–Trinajstić information content (AvgIpc) is 2.38. The van der Waals surface area contributed by atoms with Crippen molar-refractivity contribution >= 4 is 0 Å². The minimum absolute atomic E-state index is 0.113. The van der Waals surface area contributed by atoms with Gasteiger partial charge in [0.25, 0.3) is 0 Å². The molecule has 1 aromatic heterocycles. The lowest BCUT2D eigenvalue weighted by molar-refractivity contribution is 0.119. The van der Waals surface area contributed by atoms with Crippen molar-refractivity contribution in [2.75, 3.05) is 7.11 Å². The Morgan fingerprint density at radius 2 is 1.82 bits per heavy atom. The highest BCUT2D eigenvalue weighted by Gasteiger charge is 2.05. The summed E-state index contributed by atoms with van der Waals surface area (Å²) in [6, 6.07) is 10.1. The van der Waals surface area contributed by atoms with Crippen molar-refractivity contribution in [2.24, 2.45) is 0 Å². The van der Waals surface area contributed by atoms with Crippen LogP contribution in [0.25, 0.3) is 11.4 Å². The first-order valence-electron chi connectivity index (χ1n) is 5.63. The van der Waals surface area contributed by atoms with Gasteiger partial charge in [-0.25, -0.2) is 9.97 Å². The molecule has 1 heterocycles. The SMILES string of the molecule is COC(C)c1ccc(-c2nccc(C)n2)cc1. The van der Waals surface area contributed by atoms with Gasteiger partial charge in [0.2, 0.25) is 0 Å². The molecule has 1 unspecified atom stereocenters. The molecule has 0 aliphatic heterocycles. The van der Waals surface area contributed by atoms with Gasteiger partial charge in [-0.2, -0.15) is 0 Å². The maximum absolute atomic E-state index is 5.27. The van der Waals surface area contributed by atoms with Crippen molar-refractivity contribution in [2.45, 2.75) is 20.0 Å². The van der Waals surface area contributed by atoms with Crippen molar-refractivity contribution in [1.82, 2.24) is 9.97 Å². The predicted octanol–water partition coefficient (Wildman–Crippen LogP) is 3.16. The second-order valence-electron chi connectivity index (χ2n) is 4.02. The van der Waals surface area contributed by atoms with Crippen LogP contribution in [-0.2, 0) is 4.74 Å². The van der Waals surface area contributed by atoms with E-state index in [1.54, 1.807) is 13.3 Å². The fraction of sp³-hybridized carbons (Fsp3) is 0.286. The van der Waals surface area contributed by atoms with Crippen LogP contribution in [0.15, 0.2) is 36.5 Å². The normalized spacial score (nSPS) is 12.4. The number of aryl methyl sites for hydroxylation is 1. The zero-order chi connectivity index (χ0) is 12.3. The van der Waals surface area contributed by atoms with E-state index in [4.69, 9.17) is 4.74 Å². The Balaban J connectivity index is 2.29. The number of hydrogen-bond acceptors (Lipinski definition) is 3. The second kappa shape index (κ2) is 5.06. The standard InChI is InChI=1S/C14H16N2O/c1-10-8-9-15-14(16-10)13-6-4-12(5-7-13)11(2)17-3/h4-9,11H,1-3H3. The van der Waals surface area contributed by atoms with E-state index in [0.717, 1.165) is 22.6 Å². The largest absolute Gasteiger partial charge is 0.377 e. The first kappa shape index (κ1) is 11.7. The summed E-state index contributed by atoms with van der Waals surface area (Å²) in [5.41, 5.74) is 3.16. The molecule has 17 heavy (non-hydrogen) atoms. The molecular weight excluding hydrogens is 212 g/mol.